The quantitative estimate of drug-likeness (QED) is 0.655. The van der Waals surface area contributed by atoms with E-state index < -0.39 is 23.7 Å². The summed E-state index contributed by atoms with van der Waals surface area (Å²) >= 11 is 0. The van der Waals surface area contributed by atoms with Crippen LogP contribution in [0.2, 0.25) is 0 Å². The fourth-order valence-corrected chi connectivity index (χ4v) is 2.77. The minimum Gasteiger partial charge on any atom is -0.399 e. The third kappa shape index (κ3) is 4.63. The van der Waals surface area contributed by atoms with Crippen LogP contribution in [-0.4, -0.2) is 15.5 Å². The van der Waals surface area contributed by atoms with Crippen LogP contribution in [0.5, 0.6) is 0 Å². The Morgan fingerprint density at radius 2 is 1.97 bits per heavy atom. The number of nitrogens with zero attached hydrogens (tertiary/aromatic N) is 2. The predicted octanol–water partition coefficient (Wildman–Crippen LogP) is 3.32. The third-order valence-electron chi connectivity index (χ3n) is 4.25. The molecule has 29 heavy (non-hydrogen) atoms. The summed E-state index contributed by atoms with van der Waals surface area (Å²) in [5, 5.41) is 2.62. The number of nitrogens with two attached hydrogens (primary N) is 1. The Labute approximate surface area is 163 Å². The van der Waals surface area contributed by atoms with E-state index in [-0.39, 0.29) is 22.4 Å². The number of alkyl halides is 3. The first-order valence-electron chi connectivity index (χ1n) is 8.57. The molecular formula is C20H17F3N4O2. The minimum atomic E-state index is -4.55. The molecule has 0 bridgehead atoms. The number of hydrogen-bond donors (Lipinski definition) is 2. The number of carbonyl (C=O) groups is 1. The van der Waals surface area contributed by atoms with Crippen molar-refractivity contribution < 1.29 is 18.0 Å². The Hall–Kier alpha value is -3.62. The number of halogens is 3. The van der Waals surface area contributed by atoms with Crippen LogP contribution in [0, 0.1) is 0 Å². The van der Waals surface area contributed by atoms with Crippen molar-refractivity contribution in [3.05, 3.63) is 88.1 Å². The van der Waals surface area contributed by atoms with Crippen LogP contribution in [0.4, 0.5) is 18.9 Å². The molecule has 0 unspecified atom stereocenters. The molecule has 1 amide bonds. The van der Waals surface area contributed by atoms with Crippen molar-refractivity contribution >= 4 is 11.6 Å². The highest BCUT2D eigenvalue weighted by molar-refractivity contribution is 5.94. The summed E-state index contributed by atoms with van der Waals surface area (Å²) in [6.07, 6.45) is -0.181. The van der Waals surface area contributed by atoms with E-state index in [2.05, 4.69) is 10.3 Å². The van der Waals surface area contributed by atoms with Crippen LogP contribution in [0.15, 0.2) is 65.8 Å². The average molecular weight is 402 g/mol. The van der Waals surface area contributed by atoms with Crippen LogP contribution in [-0.2, 0) is 6.18 Å². The molecule has 2 heterocycles. The fourth-order valence-electron chi connectivity index (χ4n) is 2.77. The molecule has 0 radical (unpaired) electrons. The molecule has 0 saturated heterocycles. The minimum absolute atomic E-state index is 0.0546. The number of carbonyl (C=O) groups excluding carboxylic acids is 1. The highest BCUT2D eigenvalue weighted by Crippen LogP contribution is 2.32. The van der Waals surface area contributed by atoms with Gasteiger partial charge < -0.3 is 11.1 Å². The molecule has 3 aromatic rings. The maximum atomic E-state index is 13.0. The Balaban J connectivity index is 1.86. The number of hydrogen-bond acceptors (Lipinski definition) is 4. The van der Waals surface area contributed by atoms with Gasteiger partial charge in [0.1, 0.15) is 0 Å². The van der Waals surface area contributed by atoms with Crippen LogP contribution in [0.3, 0.4) is 0 Å². The van der Waals surface area contributed by atoms with Gasteiger partial charge in [-0.25, -0.2) is 0 Å². The van der Waals surface area contributed by atoms with Crippen molar-refractivity contribution in [2.24, 2.45) is 0 Å². The van der Waals surface area contributed by atoms with Gasteiger partial charge in [-0.3, -0.25) is 19.1 Å². The maximum absolute atomic E-state index is 13.0. The van der Waals surface area contributed by atoms with Gasteiger partial charge in [0.15, 0.2) is 0 Å². The molecule has 3 rings (SSSR count). The van der Waals surface area contributed by atoms with E-state index in [1.807, 2.05) is 0 Å². The maximum Gasteiger partial charge on any atom is 0.416 e. The van der Waals surface area contributed by atoms with Gasteiger partial charge >= 0.3 is 6.18 Å². The molecule has 1 aromatic carbocycles. The van der Waals surface area contributed by atoms with E-state index in [4.69, 9.17) is 5.73 Å². The van der Waals surface area contributed by atoms with Gasteiger partial charge in [-0.2, -0.15) is 13.2 Å². The van der Waals surface area contributed by atoms with Gasteiger partial charge in [0.05, 0.1) is 29.1 Å². The van der Waals surface area contributed by atoms with Crippen molar-refractivity contribution in [3.63, 3.8) is 0 Å². The number of nitrogen functional groups attached to an aromatic ring is 1. The molecule has 2 aromatic heterocycles. The van der Waals surface area contributed by atoms with Crippen LogP contribution in [0.25, 0.3) is 5.69 Å². The van der Waals surface area contributed by atoms with Gasteiger partial charge in [-0.15, -0.1) is 0 Å². The number of benzene rings is 1. The second kappa shape index (κ2) is 7.78. The number of nitrogens with one attached hydrogen (secondary N) is 1. The molecule has 9 heteroatoms. The largest absolute Gasteiger partial charge is 0.416 e. The van der Waals surface area contributed by atoms with E-state index in [1.165, 1.54) is 35.2 Å². The zero-order valence-corrected chi connectivity index (χ0v) is 15.3. The lowest BCUT2D eigenvalue weighted by Gasteiger charge is -2.17. The van der Waals surface area contributed by atoms with E-state index >= 15 is 0 Å². The third-order valence-corrected chi connectivity index (χ3v) is 4.25. The number of amides is 1. The SMILES string of the molecule is C[C@@H](NC(=O)c1ccc(=O)n(-c2cccnc2)c1)c1cc(N)cc(C(F)(F)F)c1. The Kier molecular flexibility index (Phi) is 5.40. The Bertz CT molecular complexity index is 1090. The standard InChI is InChI=1S/C20H17F3N4O2/c1-12(14-7-15(20(21,22)23)9-16(24)8-14)26-19(29)13-4-5-18(28)27(11-13)17-3-2-6-25-10-17/h2-12H,24H2,1H3,(H,26,29)/t12-/m1/s1. The van der Waals surface area contributed by atoms with E-state index in [1.54, 1.807) is 25.3 Å². The lowest BCUT2D eigenvalue weighted by atomic mass is 10.0. The van der Waals surface area contributed by atoms with Gasteiger partial charge in [0, 0.05) is 24.1 Å². The molecule has 150 valence electrons. The lowest BCUT2D eigenvalue weighted by molar-refractivity contribution is -0.137. The Morgan fingerprint density at radius 3 is 2.62 bits per heavy atom. The molecule has 0 aliphatic heterocycles. The summed E-state index contributed by atoms with van der Waals surface area (Å²) in [6, 6.07) is 8.28. The fraction of sp³-hybridized carbons (Fsp3) is 0.150. The highest BCUT2D eigenvalue weighted by atomic mass is 19.4. The van der Waals surface area contributed by atoms with Gasteiger partial charge in [-0.1, -0.05) is 0 Å². The van der Waals surface area contributed by atoms with Gasteiger partial charge in [-0.05, 0) is 48.9 Å². The van der Waals surface area contributed by atoms with Crippen molar-refractivity contribution in [1.29, 1.82) is 0 Å². The average Bonchev–Trinajstić information content (AvgIpc) is 2.67. The summed E-state index contributed by atoms with van der Waals surface area (Å²) in [6.45, 7) is 1.55. The van der Waals surface area contributed by atoms with E-state index in [9.17, 15) is 22.8 Å². The smallest absolute Gasteiger partial charge is 0.399 e. The van der Waals surface area contributed by atoms with Crippen molar-refractivity contribution in [1.82, 2.24) is 14.9 Å². The highest BCUT2D eigenvalue weighted by Gasteiger charge is 2.31. The van der Waals surface area contributed by atoms with Crippen LogP contribution >= 0.6 is 0 Å². The van der Waals surface area contributed by atoms with Gasteiger partial charge in [0.25, 0.3) is 11.5 Å². The topological polar surface area (TPSA) is 90.0 Å². The molecule has 1 atom stereocenters. The number of aromatic nitrogens is 2. The monoisotopic (exact) mass is 402 g/mol. The summed E-state index contributed by atoms with van der Waals surface area (Å²) in [5.41, 5.74) is 5.14. The van der Waals surface area contributed by atoms with Crippen molar-refractivity contribution in [2.45, 2.75) is 19.1 Å². The summed E-state index contributed by atoms with van der Waals surface area (Å²) in [4.78, 5) is 28.6. The lowest BCUT2D eigenvalue weighted by Crippen LogP contribution is -2.28. The van der Waals surface area contributed by atoms with Crippen molar-refractivity contribution in [3.8, 4) is 5.69 Å². The number of anilines is 1. The first kappa shape index (κ1) is 20.1. The first-order valence-corrected chi connectivity index (χ1v) is 8.57. The zero-order valence-electron chi connectivity index (χ0n) is 15.3. The second-order valence-corrected chi connectivity index (χ2v) is 6.42. The summed E-state index contributed by atoms with van der Waals surface area (Å²) < 4.78 is 40.3. The normalized spacial score (nSPS) is 12.4. The van der Waals surface area contributed by atoms with Crippen molar-refractivity contribution in [2.75, 3.05) is 5.73 Å². The number of pyridine rings is 2. The second-order valence-electron chi connectivity index (χ2n) is 6.42. The van der Waals surface area contributed by atoms with Crippen LogP contribution in [0.1, 0.15) is 34.5 Å². The molecule has 0 spiro atoms. The molecule has 0 saturated carbocycles. The van der Waals surface area contributed by atoms with Gasteiger partial charge in [0.2, 0.25) is 0 Å². The zero-order chi connectivity index (χ0) is 21.2. The first-order chi connectivity index (χ1) is 13.6. The Morgan fingerprint density at radius 1 is 1.21 bits per heavy atom. The predicted molar refractivity (Wildman–Crippen MR) is 102 cm³/mol. The van der Waals surface area contributed by atoms with E-state index in [0.717, 1.165) is 12.1 Å². The molecule has 0 fully saturated rings. The molecular weight excluding hydrogens is 385 g/mol. The summed E-state index contributed by atoms with van der Waals surface area (Å²) in [7, 11) is 0. The molecule has 0 aliphatic carbocycles. The summed E-state index contributed by atoms with van der Waals surface area (Å²) in [5.74, 6) is -0.550. The van der Waals surface area contributed by atoms with Crippen LogP contribution < -0.4 is 16.6 Å². The molecule has 6 nitrogen and oxygen atoms in total. The number of rotatable bonds is 4. The molecule has 0 aliphatic rings. The van der Waals surface area contributed by atoms with E-state index in [0.29, 0.717) is 5.69 Å². The molecule has 3 N–H and O–H groups in total.